The summed E-state index contributed by atoms with van der Waals surface area (Å²) < 4.78 is 0. The van der Waals surface area contributed by atoms with Gasteiger partial charge in [-0.3, -0.25) is 14.5 Å². The molecule has 1 aliphatic rings. The van der Waals surface area contributed by atoms with E-state index in [9.17, 15) is 9.59 Å². The molecule has 0 aromatic carbocycles. The molecule has 1 saturated heterocycles. The smallest absolute Gasteiger partial charge is 0.229 e. The SMILES string of the molecule is CC1CC(=O)N(CCCCO)C(=O)C1. The molecule has 0 aliphatic carbocycles. The van der Waals surface area contributed by atoms with Crippen LogP contribution in [-0.4, -0.2) is 35.0 Å². The highest BCUT2D eigenvalue weighted by Gasteiger charge is 2.29. The van der Waals surface area contributed by atoms with Crippen LogP contribution in [0.5, 0.6) is 0 Å². The van der Waals surface area contributed by atoms with Crippen molar-refractivity contribution in [2.45, 2.75) is 32.6 Å². The summed E-state index contributed by atoms with van der Waals surface area (Å²) in [6, 6.07) is 0. The minimum absolute atomic E-state index is 0.0633. The van der Waals surface area contributed by atoms with E-state index in [0.29, 0.717) is 32.2 Å². The maximum atomic E-state index is 11.5. The van der Waals surface area contributed by atoms with Crippen LogP contribution in [0.2, 0.25) is 0 Å². The highest BCUT2D eigenvalue weighted by molar-refractivity contribution is 5.97. The Morgan fingerprint density at radius 1 is 1.29 bits per heavy atom. The number of rotatable bonds is 4. The van der Waals surface area contributed by atoms with Crippen LogP contribution in [0, 0.1) is 5.92 Å². The number of aliphatic hydroxyl groups excluding tert-OH is 1. The second-order valence-corrected chi connectivity index (χ2v) is 3.88. The van der Waals surface area contributed by atoms with Gasteiger partial charge in [-0.2, -0.15) is 0 Å². The Bertz CT molecular complexity index is 209. The Morgan fingerprint density at radius 3 is 2.36 bits per heavy atom. The van der Waals surface area contributed by atoms with Crippen LogP contribution in [0.4, 0.5) is 0 Å². The van der Waals surface area contributed by atoms with Crippen LogP contribution < -0.4 is 0 Å². The Morgan fingerprint density at radius 2 is 1.86 bits per heavy atom. The Kier molecular flexibility index (Phi) is 4.07. The number of carbonyl (C=O) groups excluding carboxylic acids is 2. The van der Waals surface area contributed by atoms with Crippen LogP contribution in [0.3, 0.4) is 0 Å². The van der Waals surface area contributed by atoms with E-state index in [2.05, 4.69) is 0 Å². The molecule has 80 valence electrons. The van der Waals surface area contributed by atoms with Crippen molar-refractivity contribution in [2.24, 2.45) is 5.92 Å². The van der Waals surface area contributed by atoms with E-state index in [1.54, 1.807) is 0 Å². The number of nitrogens with zero attached hydrogens (tertiary/aromatic N) is 1. The lowest BCUT2D eigenvalue weighted by molar-refractivity contribution is -0.149. The molecule has 0 radical (unpaired) electrons. The van der Waals surface area contributed by atoms with E-state index in [1.165, 1.54) is 4.90 Å². The number of imide groups is 1. The van der Waals surface area contributed by atoms with Crippen molar-refractivity contribution in [3.05, 3.63) is 0 Å². The number of piperidine rings is 1. The van der Waals surface area contributed by atoms with Crippen LogP contribution in [-0.2, 0) is 9.59 Å². The molecule has 0 spiro atoms. The number of hydrogen-bond acceptors (Lipinski definition) is 3. The molecular weight excluding hydrogens is 182 g/mol. The average Bonchev–Trinajstić information content (AvgIpc) is 2.09. The standard InChI is InChI=1S/C10H17NO3/c1-8-6-9(13)11(10(14)7-8)4-2-3-5-12/h8,12H,2-7H2,1H3. The maximum absolute atomic E-state index is 11.5. The Balaban J connectivity index is 2.42. The van der Waals surface area contributed by atoms with Gasteiger partial charge in [0.2, 0.25) is 11.8 Å². The summed E-state index contributed by atoms with van der Waals surface area (Å²) >= 11 is 0. The van der Waals surface area contributed by atoms with Crippen molar-refractivity contribution in [2.75, 3.05) is 13.2 Å². The molecule has 1 aliphatic heterocycles. The summed E-state index contributed by atoms with van der Waals surface area (Å²) in [7, 11) is 0. The molecular formula is C10H17NO3. The highest BCUT2D eigenvalue weighted by atomic mass is 16.3. The van der Waals surface area contributed by atoms with Crippen molar-refractivity contribution in [1.29, 1.82) is 0 Å². The fraction of sp³-hybridized carbons (Fsp3) is 0.800. The fourth-order valence-electron chi connectivity index (χ4n) is 1.66. The third-order valence-corrected chi connectivity index (χ3v) is 2.44. The van der Waals surface area contributed by atoms with Gasteiger partial charge in [-0.05, 0) is 18.8 Å². The third kappa shape index (κ3) is 2.80. The van der Waals surface area contributed by atoms with E-state index in [1.807, 2.05) is 6.92 Å². The Labute approximate surface area is 83.9 Å². The normalized spacial score (nSPS) is 19.1. The summed E-state index contributed by atoms with van der Waals surface area (Å²) in [5.41, 5.74) is 0. The second kappa shape index (κ2) is 5.10. The molecule has 0 aromatic heterocycles. The van der Waals surface area contributed by atoms with Gasteiger partial charge in [0, 0.05) is 26.0 Å². The van der Waals surface area contributed by atoms with Crippen molar-refractivity contribution < 1.29 is 14.7 Å². The Hall–Kier alpha value is -0.900. The van der Waals surface area contributed by atoms with Gasteiger partial charge < -0.3 is 5.11 Å². The second-order valence-electron chi connectivity index (χ2n) is 3.88. The molecule has 4 heteroatoms. The number of hydrogen-bond donors (Lipinski definition) is 1. The number of carbonyl (C=O) groups is 2. The van der Waals surface area contributed by atoms with Crippen molar-refractivity contribution >= 4 is 11.8 Å². The zero-order valence-corrected chi connectivity index (χ0v) is 8.53. The molecule has 14 heavy (non-hydrogen) atoms. The highest BCUT2D eigenvalue weighted by Crippen LogP contribution is 2.18. The van der Waals surface area contributed by atoms with E-state index in [0.717, 1.165) is 0 Å². The molecule has 1 rings (SSSR count). The van der Waals surface area contributed by atoms with Gasteiger partial charge in [0.05, 0.1) is 0 Å². The largest absolute Gasteiger partial charge is 0.396 e. The molecule has 1 fully saturated rings. The summed E-state index contributed by atoms with van der Waals surface area (Å²) in [5, 5.41) is 8.58. The van der Waals surface area contributed by atoms with Gasteiger partial charge >= 0.3 is 0 Å². The summed E-state index contributed by atoms with van der Waals surface area (Å²) in [4.78, 5) is 24.2. The lowest BCUT2D eigenvalue weighted by Crippen LogP contribution is -2.43. The number of unbranched alkanes of at least 4 members (excludes halogenated alkanes) is 1. The zero-order valence-electron chi connectivity index (χ0n) is 8.53. The minimum Gasteiger partial charge on any atom is -0.396 e. The van der Waals surface area contributed by atoms with Gasteiger partial charge in [0.25, 0.3) is 0 Å². The zero-order chi connectivity index (χ0) is 10.6. The first kappa shape index (κ1) is 11.2. The summed E-state index contributed by atoms with van der Waals surface area (Å²) in [6.45, 7) is 2.50. The predicted octanol–water partition coefficient (Wildman–Crippen LogP) is 0.544. The molecule has 4 nitrogen and oxygen atoms in total. The molecule has 0 unspecified atom stereocenters. The maximum Gasteiger partial charge on any atom is 0.229 e. The third-order valence-electron chi connectivity index (χ3n) is 2.44. The molecule has 0 atom stereocenters. The van der Waals surface area contributed by atoms with Gasteiger partial charge in [-0.1, -0.05) is 6.92 Å². The quantitative estimate of drug-likeness (QED) is 0.531. The first-order valence-corrected chi connectivity index (χ1v) is 5.09. The lowest BCUT2D eigenvalue weighted by Gasteiger charge is -2.28. The first-order chi connectivity index (χ1) is 6.65. The van der Waals surface area contributed by atoms with E-state index in [-0.39, 0.29) is 24.3 Å². The molecule has 1 heterocycles. The van der Waals surface area contributed by atoms with Crippen LogP contribution in [0.15, 0.2) is 0 Å². The van der Waals surface area contributed by atoms with E-state index in [4.69, 9.17) is 5.11 Å². The van der Waals surface area contributed by atoms with Gasteiger partial charge in [0.15, 0.2) is 0 Å². The van der Waals surface area contributed by atoms with Crippen LogP contribution in [0.25, 0.3) is 0 Å². The number of aliphatic hydroxyl groups is 1. The summed E-state index contributed by atoms with van der Waals surface area (Å²) in [6.07, 6.45) is 2.30. The van der Waals surface area contributed by atoms with Crippen molar-refractivity contribution in [3.8, 4) is 0 Å². The summed E-state index contributed by atoms with van der Waals surface area (Å²) in [5.74, 6) is 0.0578. The number of amides is 2. The number of likely N-dealkylation sites (tertiary alicyclic amines) is 1. The monoisotopic (exact) mass is 199 g/mol. The van der Waals surface area contributed by atoms with Crippen molar-refractivity contribution in [3.63, 3.8) is 0 Å². The lowest BCUT2D eigenvalue weighted by atomic mass is 9.97. The van der Waals surface area contributed by atoms with Gasteiger partial charge in [-0.25, -0.2) is 0 Å². The predicted molar refractivity (Wildman–Crippen MR) is 51.4 cm³/mol. The minimum atomic E-state index is -0.0633. The van der Waals surface area contributed by atoms with Crippen molar-refractivity contribution in [1.82, 2.24) is 4.90 Å². The molecule has 0 aromatic rings. The molecule has 0 saturated carbocycles. The first-order valence-electron chi connectivity index (χ1n) is 5.09. The molecule has 1 N–H and O–H groups in total. The van der Waals surface area contributed by atoms with Gasteiger partial charge in [0.1, 0.15) is 0 Å². The van der Waals surface area contributed by atoms with Crippen LogP contribution >= 0.6 is 0 Å². The van der Waals surface area contributed by atoms with Crippen LogP contribution in [0.1, 0.15) is 32.6 Å². The molecule has 0 bridgehead atoms. The van der Waals surface area contributed by atoms with E-state index >= 15 is 0 Å². The van der Waals surface area contributed by atoms with E-state index < -0.39 is 0 Å². The fourth-order valence-corrected chi connectivity index (χ4v) is 1.66. The van der Waals surface area contributed by atoms with Gasteiger partial charge in [-0.15, -0.1) is 0 Å². The topological polar surface area (TPSA) is 57.6 Å². The average molecular weight is 199 g/mol. The molecule has 2 amide bonds.